The van der Waals surface area contributed by atoms with Gasteiger partial charge in [0.05, 0.1) is 10.7 Å². The van der Waals surface area contributed by atoms with Crippen LogP contribution in [0, 0.1) is 0 Å². The monoisotopic (exact) mass is 310 g/mol. The first-order valence-electron chi connectivity index (χ1n) is 7.06. The van der Waals surface area contributed by atoms with Crippen molar-refractivity contribution in [3.63, 3.8) is 0 Å². The first-order chi connectivity index (χ1) is 9.89. The molecule has 0 saturated heterocycles. The van der Waals surface area contributed by atoms with Crippen LogP contribution in [0.1, 0.15) is 24.8 Å². The zero-order valence-corrected chi connectivity index (χ0v) is 13.6. The maximum atomic E-state index is 8.71. The molecule has 0 bridgehead atoms. The summed E-state index contributed by atoms with van der Waals surface area (Å²) in [6.07, 6.45) is 3.70. The van der Waals surface area contributed by atoms with Gasteiger partial charge in [-0.25, -0.2) is 0 Å². The summed E-state index contributed by atoms with van der Waals surface area (Å²) in [7, 11) is 6.32. The summed E-state index contributed by atoms with van der Waals surface area (Å²) in [6, 6.07) is 5.46. The smallest absolute Gasteiger partial charge is 0.170 e. The van der Waals surface area contributed by atoms with E-state index in [4.69, 9.17) is 22.5 Å². The van der Waals surface area contributed by atoms with Crippen LogP contribution in [-0.4, -0.2) is 49.2 Å². The fraction of sp³-hybridized carbons (Fsp3) is 0.533. The van der Waals surface area contributed by atoms with Crippen molar-refractivity contribution < 1.29 is 5.21 Å². The number of hydrogen-bond acceptors (Lipinski definition) is 4. The fourth-order valence-electron chi connectivity index (χ4n) is 2.89. The Bertz CT molecular complexity index is 540. The van der Waals surface area contributed by atoms with Crippen LogP contribution >= 0.6 is 11.6 Å². The predicted octanol–water partition coefficient (Wildman–Crippen LogP) is 2.35. The van der Waals surface area contributed by atoms with Gasteiger partial charge in [-0.3, -0.25) is 0 Å². The first kappa shape index (κ1) is 15.9. The Morgan fingerprint density at radius 1 is 1.38 bits per heavy atom. The lowest BCUT2D eigenvalue weighted by molar-refractivity contribution is 0.0683. The molecular weight excluding hydrogens is 288 g/mol. The third-order valence-electron chi connectivity index (χ3n) is 4.53. The molecule has 6 heteroatoms. The second kappa shape index (κ2) is 6.12. The molecular formula is C15H23ClN4O. The van der Waals surface area contributed by atoms with Gasteiger partial charge in [0, 0.05) is 24.7 Å². The van der Waals surface area contributed by atoms with Gasteiger partial charge in [0.1, 0.15) is 0 Å². The fourth-order valence-corrected chi connectivity index (χ4v) is 3.22. The van der Waals surface area contributed by atoms with E-state index in [-0.39, 0.29) is 11.4 Å². The highest BCUT2D eigenvalue weighted by Crippen LogP contribution is 2.38. The molecule has 0 aliphatic heterocycles. The molecule has 1 aromatic rings. The van der Waals surface area contributed by atoms with E-state index in [0.717, 1.165) is 12.2 Å². The van der Waals surface area contributed by atoms with Gasteiger partial charge >= 0.3 is 0 Å². The Balaban J connectivity index is 2.18. The minimum atomic E-state index is 0.0647. The Labute approximate surface area is 131 Å². The van der Waals surface area contributed by atoms with Crippen molar-refractivity contribution >= 4 is 23.1 Å². The van der Waals surface area contributed by atoms with Crippen molar-refractivity contribution in [1.82, 2.24) is 4.90 Å². The van der Waals surface area contributed by atoms with Crippen LogP contribution in [0.25, 0.3) is 0 Å². The minimum absolute atomic E-state index is 0.0647. The quantitative estimate of drug-likeness (QED) is 0.379. The minimum Gasteiger partial charge on any atom is -0.409 e. The van der Waals surface area contributed by atoms with Crippen molar-refractivity contribution in [3.05, 3.63) is 28.8 Å². The van der Waals surface area contributed by atoms with E-state index < -0.39 is 0 Å². The van der Waals surface area contributed by atoms with Crippen molar-refractivity contribution in [2.45, 2.75) is 24.8 Å². The second-order valence-corrected chi connectivity index (χ2v) is 6.39. The molecule has 0 spiro atoms. The van der Waals surface area contributed by atoms with Crippen molar-refractivity contribution in [2.24, 2.45) is 10.9 Å². The van der Waals surface area contributed by atoms with Crippen LogP contribution in [0.5, 0.6) is 0 Å². The first-order valence-corrected chi connectivity index (χ1v) is 7.43. The average molecular weight is 311 g/mol. The highest BCUT2D eigenvalue weighted by Gasteiger charge is 2.40. The van der Waals surface area contributed by atoms with Gasteiger partial charge < -0.3 is 20.7 Å². The summed E-state index contributed by atoms with van der Waals surface area (Å²) < 4.78 is 0. The highest BCUT2D eigenvalue weighted by atomic mass is 35.5. The molecule has 0 amide bonds. The third-order valence-corrected chi connectivity index (χ3v) is 4.83. The molecule has 21 heavy (non-hydrogen) atoms. The molecule has 0 atom stereocenters. The predicted molar refractivity (Wildman–Crippen MR) is 87.5 cm³/mol. The molecule has 2 rings (SSSR count). The maximum Gasteiger partial charge on any atom is 0.170 e. The van der Waals surface area contributed by atoms with Crippen LogP contribution in [-0.2, 0) is 0 Å². The van der Waals surface area contributed by atoms with Gasteiger partial charge in [0.15, 0.2) is 5.84 Å². The average Bonchev–Trinajstić information content (AvgIpc) is 2.41. The SMILES string of the molecule is CN(CC1(N(C)C)CCC1)c1ccc(/C(N)=N/O)cc1Cl. The lowest BCUT2D eigenvalue weighted by Gasteiger charge is -2.49. The number of halogens is 1. The number of nitrogens with two attached hydrogens (primary N) is 1. The molecule has 0 unspecified atom stereocenters. The Kier molecular flexibility index (Phi) is 4.64. The van der Waals surface area contributed by atoms with Crippen LogP contribution in [0.2, 0.25) is 5.02 Å². The number of likely N-dealkylation sites (N-methyl/N-ethyl adjacent to an activating group) is 2. The summed E-state index contributed by atoms with van der Waals surface area (Å²) in [5, 5.41) is 12.3. The summed E-state index contributed by atoms with van der Waals surface area (Å²) in [6.45, 7) is 0.933. The van der Waals surface area contributed by atoms with E-state index in [0.29, 0.717) is 10.6 Å². The van der Waals surface area contributed by atoms with Crippen molar-refractivity contribution in [2.75, 3.05) is 32.6 Å². The van der Waals surface area contributed by atoms with Gasteiger partial charge in [0.2, 0.25) is 0 Å². The number of rotatable bonds is 5. The largest absolute Gasteiger partial charge is 0.409 e. The number of amidine groups is 1. The Hall–Kier alpha value is -1.46. The molecule has 1 aromatic carbocycles. The normalized spacial score (nSPS) is 17.7. The zero-order chi connectivity index (χ0) is 15.6. The van der Waals surface area contributed by atoms with E-state index in [1.54, 1.807) is 6.07 Å². The molecule has 116 valence electrons. The summed E-state index contributed by atoms with van der Waals surface area (Å²) in [4.78, 5) is 4.49. The van der Waals surface area contributed by atoms with Crippen LogP contribution in [0.3, 0.4) is 0 Å². The second-order valence-electron chi connectivity index (χ2n) is 5.98. The van der Waals surface area contributed by atoms with Crippen LogP contribution < -0.4 is 10.6 Å². The molecule has 1 saturated carbocycles. The highest BCUT2D eigenvalue weighted by molar-refractivity contribution is 6.33. The van der Waals surface area contributed by atoms with Gasteiger partial charge in [-0.05, 0) is 51.6 Å². The van der Waals surface area contributed by atoms with Crippen LogP contribution in [0.4, 0.5) is 5.69 Å². The topological polar surface area (TPSA) is 65.1 Å². The summed E-state index contributed by atoms with van der Waals surface area (Å²) in [5.74, 6) is 0.0647. The molecule has 1 fully saturated rings. The van der Waals surface area contributed by atoms with Gasteiger partial charge in [-0.1, -0.05) is 16.8 Å². The zero-order valence-electron chi connectivity index (χ0n) is 12.8. The molecule has 0 heterocycles. The summed E-state index contributed by atoms with van der Waals surface area (Å²) in [5.41, 5.74) is 7.39. The van der Waals surface area contributed by atoms with Gasteiger partial charge in [0.25, 0.3) is 0 Å². The Morgan fingerprint density at radius 2 is 2.05 bits per heavy atom. The molecule has 1 aliphatic carbocycles. The van der Waals surface area contributed by atoms with E-state index in [1.165, 1.54) is 19.3 Å². The molecule has 0 aromatic heterocycles. The van der Waals surface area contributed by atoms with Crippen LogP contribution in [0.15, 0.2) is 23.4 Å². The number of oxime groups is 1. The van der Waals surface area contributed by atoms with E-state index >= 15 is 0 Å². The van der Waals surface area contributed by atoms with Gasteiger partial charge in [-0.2, -0.15) is 0 Å². The standard InChI is InChI=1S/C15H23ClN4O/c1-19(2)15(7-4-8-15)10-20(3)13-6-5-11(9-12(13)16)14(17)18-21/h5-6,9,21H,4,7-8,10H2,1-3H3,(H2,17,18). The molecule has 1 aliphatic rings. The molecule has 5 nitrogen and oxygen atoms in total. The molecule has 0 radical (unpaired) electrons. The van der Waals surface area contributed by atoms with E-state index in [1.807, 2.05) is 19.2 Å². The Morgan fingerprint density at radius 3 is 2.48 bits per heavy atom. The van der Waals surface area contributed by atoms with E-state index in [9.17, 15) is 0 Å². The van der Waals surface area contributed by atoms with E-state index in [2.05, 4.69) is 29.1 Å². The maximum absolute atomic E-state index is 8.71. The van der Waals surface area contributed by atoms with Gasteiger partial charge in [-0.15, -0.1) is 0 Å². The number of benzene rings is 1. The lowest BCUT2D eigenvalue weighted by Crippen LogP contribution is -2.56. The summed E-state index contributed by atoms with van der Waals surface area (Å²) >= 11 is 6.35. The third kappa shape index (κ3) is 3.09. The number of anilines is 1. The van der Waals surface area contributed by atoms with Crippen molar-refractivity contribution in [3.8, 4) is 0 Å². The lowest BCUT2D eigenvalue weighted by atomic mass is 9.75. The number of hydrogen-bond donors (Lipinski definition) is 2. The van der Waals surface area contributed by atoms with Crippen molar-refractivity contribution in [1.29, 1.82) is 0 Å². The number of nitrogens with zero attached hydrogens (tertiary/aromatic N) is 3. The molecule has 3 N–H and O–H groups in total.